The average Bonchev–Trinajstić information content (AvgIpc) is 2.90. The number of aromatic nitrogens is 2. The Hall–Kier alpha value is -1.20. The molecular formula is C13H14BrN3O. The summed E-state index contributed by atoms with van der Waals surface area (Å²) in [5.74, 6) is 1.78. The molecule has 2 heterocycles. The van der Waals surface area contributed by atoms with Crippen LogP contribution in [0.25, 0.3) is 11.4 Å². The molecule has 1 aliphatic rings. The van der Waals surface area contributed by atoms with Crippen molar-refractivity contribution < 1.29 is 4.52 Å². The molecule has 18 heavy (non-hydrogen) atoms. The van der Waals surface area contributed by atoms with Gasteiger partial charge in [0.2, 0.25) is 11.7 Å². The molecule has 3 rings (SSSR count). The predicted molar refractivity (Wildman–Crippen MR) is 72.3 cm³/mol. The SMILES string of the molecule is Brc1ccc(-c2noc([C@@H]3CCCNC3)n2)cc1. The highest BCUT2D eigenvalue weighted by molar-refractivity contribution is 9.10. The van der Waals surface area contributed by atoms with Crippen molar-refractivity contribution >= 4 is 15.9 Å². The summed E-state index contributed by atoms with van der Waals surface area (Å²) in [7, 11) is 0. The first-order chi connectivity index (χ1) is 8.83. The quantitative estimate of drug-likeness (QED) is 0.926. The van der Waals surface area contributed by atoms with Gasteiger partial charge in [-0.1, -0.05) is 21.1 Å². The number of hydrogen-bond donors (Lipinski definition) is 1. The molecule has 1 aromatic carbocycles. The summed E-state index contributed by atoms with van der Waals surface area (Å²) in [5.41, 5.74) is 0.983. The fourth-order valence-electron chi connectivity index (χ4n) is 2.18. The second-order valence-corrected chi connectivity index (χ2v) is 5.42. The van der Waals surface area contributed by atoms with Gasteiger partial charge in [0.05, 0.1) is 5.92 Å². The summed E-state index contributed by atoms with van der Waals surface area (Å²) in [6.07, 6.45) is 2.29. The third-order valence-electron chi connectivity index (χ3n) is 3.19. The van der Waals surface area contributed by atoms with Crippen LogP contribution in [0.2, 0.25) is 0 Å². The van der Waals surface area contributed by atoms with E-state index in [1.165, 1.54) is 6.42 Å². The first-order valence-electron chi connectivity index (χ1n) is 6.13. The van der Waals surface area contributed by atoms with Crippen LogP contribution in [-0.4, -0.2) is 23.2 Å². The summed E-state index contributed by atoms with van der Waals surface area (Å²) < 4.78 is 6.42. The van der Waals surface area contributed by atoms with Crippen molar-refractivity contribution in [3.8, 4) is 11.4 Å². The van der Waals surface area contributed by atoms with Crippen molar-refractivity contribution in [2.75, 3.05) is 13.1 Å². The van der Waals surface area contributed by atoms with Gasteiger partial charge in [-0.2, -0.15) is 4.98 Å². The summed E-state index contributed by atoms with van der Waals surface area (Å²) in [6.45, 7) is 2.02. The van der Waals surface area contributed by atoms with E-state index >= 15 is 0 Å². The lowest BCUT2D eigenvalue weighted by Crippen LogP contribution is -2.28. The van der Waals surface area contributed by atoms with Gasteiger partial charge in [0.25, 0.3) is 0 Å². The second kappa shape index (κ2) is 5.20. The Kier molecular flexibility index (Phi) is 3.43. The zero-order valence-electron chi connectivity index (χ0n) is 9.90. The predicted octanol–water partition coefficient (Wildman–Crippen LogP) is 2.97. The molecule has 0 saturated carbocycles. The van der Waals surface area contributed by atoms with Gasteiger partial charge in [-0.05, 0) is 43.7 Å². The molecular weight excluding hydrogens is 294 g/mol. The molecule has 1 aromatic heterocycles. The molecule has 2 aromatic rings. The monoisotopic (exact) mass is 307 g/mol. The lowest BCUT2D eigenvalue weighted by Gasteiger charge is -2.18. The lowest BCUT2D eigenvalue weighted by molar-refractivity contribution is 0.322. The topological polar surface area (TPSA) is 51.0 Å². The Balaban J connectivity index is 1.82. The van der Waals surface area contributed by atoms with Crippen LogP contribution >= 0.6 is 15.9 Å². The van der Waals surface area contributed by atoms with Crippen LogP contribution < -0.4 is 5.32 Å². The van der Waals surface area contributed by atoms with Crippen molar-refractivity contribution in [1.82, 2.24) is 15.5 Å². The molecule has 94 valence electrons. The van der Waals surface area contributed by atoms with Crippen LogP contribution in [0.3, 0.4) is 0 Å². The minimum absolute atomic E-state index is 0.357. The van der Waals surface area contributed by atoms with Gasteiger partial charge < -0.3 is 9.84 Å². The van der Waals surface area contributed by atoms with Gasteiger partial charge in [0, 0.05) is 16.6 Å². The number of hydrogen-bond acceptors (Lipinski definition) is 4. The zero-order valence-corrected chi connectivity index (χ0v) is 11.5. The van der Waals surface area contributed by atoms with Gasteiger partial charge >= 0.3 is 0 Å². The number of nitrogens with zero attached hydrogens (tertiary/aromatic N) is 2. The van der Waals surface area contributed by atoms with Crippen LogP contribution in [0.15, 0.2) is 33.3 Å². The lowest BCUT2D eigenvalue weighted by atomic mass is 10.00. The maximum Gasteiger partial charge on any atom is 0.231 e. The molecule has 0 aliphatic carbocycles. The van der Waals surface area contributed by atoms with Crippen LogP contribution in [-0.2, 0) is 0 Å². The van der Waals surface area contributed by atoms with E-state index in [1.807, 2.05) is 24.3 Å². The number of nitrogens with one attached hydrogen (secondary N) is 1. The highest BCUT2D eigenvalue weighted by atomic mass is 79.9. The first-order valence-corrected chi connectivity index (χ1v) is 6.92. The summed E-state index contributed by atoms with van der Waals surface area (Å²) in [5, 5.41) is 7.42. The van der Waals surface area contributed by atoms with Gasteiger partial charge in [-0.25, -0.2) is 0 Å². The van der Waals surface area contributed by atoms with E-state index in [0.29, 0.717) is 11.7 Å². The minimum Gasteiger partial charge on any atom is -0.339 e. The van der Waals surface area contributed by atoms with E-state index in [-0.39, 0.29) is 0 Å². The Morgan fingerprint density at radius 3 is 2.83 bits per heavy atom. The zero-order chi connectivity index (χ0) is 12.4. The molecule has 1 atom stereocenters. The van der Waals surface area contributed by atoms with Crippen molar-refractivity contribution in [3.63, 3.8) is 0 Å². The molecule has 0 unspecified atom stereocenters. The maximum atomic E-state index is 5.38. The third-order valence-corrected chi connectivity index (χ3v) is 3.72. The van der Waals surface area contributed by atoms with Crippen molar-refractivity contribution in [1.29, 1.82) is 0 Å². The molecule has 1 aliphatic heterocycles. The standard InChI is InChI=1S/C13H14BrN3O/c14-11-5-3-9(4-6-11)12-16-13(18-17-12)10-2-1-7-15-8-10/h3-6,10,15H,1-2,7-8H2/t10-/m1/s1. The molecule has 4 nitrogen and oxygen atoms in total. The normalized spacial score (nSPS) is 19.9. The maximum absolute atomic E-state index is 5.38. The van der Waals surface area contributed by atoms with Gasteiger partial charge in [-0.15, -0.1) is 0 Å². The van der Waals surface area contributed by atoms with E-state index in [9.17, 15) is 0 Å². The highest BCUT2D eigenvalue weighted by Gasteiger charge is 2.21. The van der Waals surface area contributed by atoms with Gasteiger partial charge in [0.15, 0.2) is 0 Å². The number of halogens is 1. The Morgan fingerprint density at radius 2 is 2.11 bits per heavy atom. The fourth-order valence-corrected chi connectivity index (χ4v) is 2.44. The number of rotatable bonds is 2. The van der Waals surface area contributed by atoms with Gasteiger partial charge in [0.1, 0.15) is 0 Å². The Morgan fingerprint density at radius 1 is 1.28 bits per heavy atom. The molecule has 1 N–H and O–H groups in total. The summed E-state index contributed by atoms with van der Waals surface area (Å²) in [4.78, 5) is 4.50. The van der Waals surface area contributed by atoms with E-state index < -0.39 is 0 Å². The largest absolute Gasteiger partial charge is 0.339 e. The van der Waals surface area contributed by atoms with Crippen LogP contribution in [0.5, 0.6) is 0 Å². The molecule has 0 amide bonds. The highest BCUT2D eigenvalue weighted by Crippen LogP contribution is 2.25. The Bertz CT molecular complexity index is 517. The van der Waals surface area contributed by atoms with E-state index in [0.717, 1.165) is 35.4 Å². The Labute approximate surface area is 114 Å². The van der Waals surface area contributed by atoms with Crippen molar-refractivity contribution in [2.45, 2.75) is 18.8 Å². The molecule has 5 heteroatoms. The second-order valence-electron chi connectivity index (χ2n) is 4.51. The molecule has 0 spiro atoms. The summed E-state index contributed by atoms with van der Waals surface area (Å²) >= 11 is 3.41. The summed E-state index contributed by atoms with van der Waals surface area (Å²) in [6, 6.07) is 7.93. The molecule has 1 fully saturated rings. The van der Waals surface area contributed by atoms with Crippen molar-refractivity contribution in [3.05, 3.63) is 34.6 Å². The smallest absolute Gasteiger partial charge is 0.231 e. The van der Waals surface area contributed by atoms with Crippen LogP contribution in [0.4, 0.5) is 0 Å². The molecule has 0 bridgehead atoms. The van der Waals surface area contributed by atoms with Crippen molar-refractivity contribution in [2.24, 2.45) is 0 Å². The fraction of sp³-hybridized carbons (Fsp3) is 0.385. The minimum atomic E-state index is 0.357. The van der Waals surface area contributed by atoms with E-state index in [1.54, 1.807) is 0 Å². The van der Waals surface area contributed by atoms with E-state index in [2.05, 4.69) is 31.4 Å². The molecule has 1 saturated heterocycles. The van der Waals surface area contributed by atoms with Crippen LogP contribution in [0.1, 0.15) is 24.7 Å². The van der Waals surface area contributed by atoms with E-state index in [4.69, 9.17) is 4.52 Å². The van der Waals surface area contributed by atoms with Crippen LogP contribution in [0, 0.1) is 0 Å². The number of benzene rings is 1. The molecule has 0 radical (unpaired) electrons. The first kappa shape index (κ1) is 11.9. The number of piperidine rings is 1. The van der Waals surface area contributed by atoms with Gasteiger partial charge in [-0.3, -0.25) is 0 Å². The average molecular weight is 308 g/mol. The third kappa shape index (κ3) is 2.47.